The number of hydrogen-bond donors (Lipinski definition) is 0. The van der Waals surface area contributed by atoms with Gasteiger partial charge in [0.2, 0.25) is 5.69 Å². The standard InChI is InChI=1S/C9H8N2O3/c1-7-9(10-14-11(7)12)13-8-5-3-2-4-6-8/h2-6H,1H3. The van der Waals surface area contributed by atoms with Gasteiger partial charge in [0, 0.05) is 6.92 Å². The topological polar surface area (TPSA) is 62.2 Å². The Kier molecular flexibility index (Phi) is 2.06. The quantitative estimate of drug-likeness (QED) is 0.675. The number of benzene rings is 1. The lowest BCUT2D eigenvalue weighted by molar-refractivity contribution is -0.806. The summed E-state index contributed by atoms with van der Waals surface area (Å²) in [5, 5.41) is 14.3. The smallest absolute Gasteiger partial charge is 0.402 e. The molecule has 14 heavy (non-hydrogen) atoms. The molecule has 1 aromatic carbocycles. The predicted molar refractivity (Wildman–Crippen MR) is 46.7 cm³/mol. The third-order valence-corrected chi connectivity index (χ3v) is 1.74. The Hall–Kier alpha value is -2.04. The Labute approximate surface area is 80.1 Å². The molecule has 0 spiro atoms. The van der Waals surface area contributed by atoms with Gasteiger partial charge >= 0.3 is 5.88 Å². The van der Waals surface area contributed by atoms with Crippen molar-refractivity contribution < 1.29 is 14.3 Å². The first kappa shape index (κ1) is 8.55. The number of rotatable bonds is 2. The summed E-state index contributed by atoms with van der Waals surface area (Å²) in [5.74, 6) is 0.802. The summed E-state index contributed by atoms with van der Waals surface area (Å²) in [6, 6.07) is 9.06. The van der Waals surface area contributed by atoms with Crippen molar-refractivity contribution in [3.8, 4) is 11.6 Å². The Morgan fingerprint density at radius 3 is 2.64 bits per heavy atom. The normalized spacial score (nSPS) is 10.1. The van der Waals surface area contributed by atoms with Crippen LogP contribution in [0.2, 0.25) is 0 Å². The molecule has 72 valence electrons. The van der Waals surface area contributed by atoms with Gasteiger partial charge in [0.25, 0.3) is 0 Å². The van der Waals surface area contributed by atoms with Crippen LogP contribution in [0.15, 0.2) is 35.0 Å². The van der Waals surface area contributed by atoms with Gasteiger partial charge in [0.1, 0.15) is 5.75 Å². The molecule has 0 aliphatic heterocycles. The monoisotopic (exact) mass is 192 g/mol. The van der Waals surface area contributed by atoms with E-state index in [-0.39, 0.29) is 5.88 Å². The summed E-state index contributed by atoms with van der Waals surface area (Å²) >= 11 is 0. The molecule has 0 radical (unpaired) electrons. The molecule has 0 aliphatic rings. The number of aromatic nitrogens is 2. The van der Waals surface area contributed by atoms with Gasteiger partial charge in [-0.2, -0.15) is 0 Å². The minimum Gasteiger partial charge on any atom is -0.416 e. The fourth-order valence-electron chi connectivity index (χ4n) is 0.972. The van der Waals surface area contributed by atoms with Crippen LogP contribution in [0.1, 0.15) is 5.69 Å². The molecule has 2 rings (SSSR count). The van der Waals surface area contributed by atoms with Gasteiger partial charge in [-0.05, 0) is 17.0 Å². The Bertz CT molecular complexity index is 425. The van der Waals surface area contributed by atoms with Gasteiger partial charge < -0.3 is 9.94 Å². The molecular weight excluding hydrogens is 184 g/mol. The van der Waals surface area contributed by atoms with Crippen LogP contribution >= 0.6 is 0 Å². The van der Waals surface area contributed by atoms with Crippen molar-refractivity contribution in [2.45, 2.75) is 6.92 Å². The van der Waals surface area contributed by atoms with E-state index >= 15 is 0 Å². The molecule has 1 aromatic heterocycles. The maximum Gasteiger partial charge on any atom is 0.402 e. The van der Waals surface area contributed by atoms with E-state index in [0.29, 0.717) is 16.3 Å². The highest BCUT2D eigenvalue weighted by atomic mass is 16.8. The molecule has 0 saturated carbocycles. The summed E-state index contributed by atoms with van der Waals surface area (Å²) in [6.07, 6.45) is 0. The van der Waals surface area contributed by atoms with Crippen molar-refractivity contribution in [3.05, 3.63) is 41.2 Å². The van der Waals surface area contributed by atoms with Crippen molar-refractivity contribution in [1.82, 2.24) is 5.16 Å². The van der Waals surface area contributed by atoms with Crippen LogP contribution in [0.25, 0.3) is 0 Å². The summed E-state index contributed by atoms with van der Waals surface area (Å²) in [6.45, 7) is 1.57. The van der Waals surface area contributed by atoms with Crippen LogP contribution < -0.4 is 9.64 Å². The third-order valence-electron chi connectivity index (χ3n) is 1.74. The zero-order chi connectivity index (χ0) is 9.97. The van der Waals surface area contributed by atoms with Crippen LogP contribution in [0.5, 0.6) is 11.6 Å². The van der Waals surface area contributed by atoms with Crippen molar-refractivity contribution in [2.24, 2.45) is 0 Å². The van der Waals surface area contributed by atoms with Crippen LogP contribution in [-0.2, 0) is 0 Å². The number of nitrogens with zero attached hydrogens (tertiary/aromatic N) is 2. The second-order valence-electron chi connectivity index (χ2n) is 2.74. The molecule has 5 nitrogen and oxygen atoms in total. The fraction of sp³-hybridized carbons (Fsp3) is 0.111. The van der Waals surface area contributed by atoms with E-state index in [4.69, 9.17) is 4.74 Å². The van der Waals surface area contributed by atoms with Crippen LogP contribution in [-0.4, -0.2) is 5.16 Å². The largest absolute Gasteiger partial charge is 0.416 e. The molecule has 0 bridgehead atoms. The lowest BCUT2D eigenvalue weighted by Crippen LogP contribution is -2.25. The maximum absolute atomic E-state index is 10.8. The first-order valence-corrected chi connectivity index (χ1v) is 4.06. The van der Waals surface area contributed by atoms with E-state index in [9.17, 15) is 5.21 Å². The van der Waals surface area contributed by atoms with Crippen LogP contribution in [0.3, 0.4) is 0 Å². The van der Waals surface area contributed by atoms with E-state index in [1.807, 2.05) is 18.2 Å². The van der Waals surface area contributed by atoms with Crippen LogP contribution in [0, 0.1) is 12.1 Å². The van der Waals surface area contributed by atoms with Gasteiger partial charge in [-0.3, -0.25) is 4.63 Å². The maximum atomic E-state index is 10.8. The molecule has 2 aromatic rings. The second-order valence-corrected chi connectivity index (χ2v) is 2.74. The highest BCUT2D eigenvalue weighted by molar-refractivity contribution is 5.26. The molecule has 0 saturated heterocycles. The molecule has 0 unspecified atom stereocenters. The van der Waals surface area contributed by atoms with Gasteiger partial charge in [0.05, 0.1) is 5.16 Å². The van der Waals surface area contributed by atoms with E-state index < -0.39 is 0 Å². The minimum atomic E-state index is 0.186. The summed E-state index contributed by atoms with van der Waals surface area (Å²) in [7, 11) is 0. The second kappa shape index (κ2) is 3.37. The van der Waals surface area contributed by atoms with Gasteiger partial charge in [-0.25, -0.2) is 0 Å². The van der Waals surface area contributed by atoms with Crippen molar-refractivity contribution in [1.29, 1.82) is 0 Å². The number of hydrogen-bond acceptors (Lipinski definition) is 4. The van der Waals surface area contributed by atoms with E-state index in [2.05, 4.69) is 9.79 Å². The van der Waals surface area contributed by atoms with Crippen molar-refractivity contribution >= 4 is 0 Å². The molecular formula is C9H8N2O3. The molecule has 0 N–H and O–H groups in total. The Balaban J connectivity index is 2.23. The number of para-hydroxylation sites is 1. The van der Waals surface area contributed by atoms with Crippen molar-refractivity contribution in [2.75, 3.05) is 0 Å². The highest BCUT2D eigenvalue weighted by Crippen LogP contribution is 2.19. The first-order chi connectivity index (χ1) is 6.77. The Morgan fingerprint density at radius 2 is 2.07 bits per heavy atom. The van der Waals surface area contributed by atoms with E-state index in [1.165, 1.54) is 0 Å². The summed E-state index contributed by atoms with van der Waals surface area (Å²) in [4.78, 5) is 0.304. The molecule has 0 fully saturated rings. The third kappa shape index (κ3) is 1.52. The zero-order valence-corrected chi connectivity index (χ0v) is 7.51. The first-order valence-electron chi connectivity index (χ1n) is 4.06. The minimum absolute atomic E-state index is 0.186. The SMILES string of the molecule is Cc1c(Oc2ccccc2)no[n+]1[O-]. The molecule has 0 aliphatic carbocycles. The van der Waals surface area contributed by atoms with Gasteiger partial charge in [0.15, 0.2) is 0 Å². The lowest BCUT2D eigenvalue weighted by atomic mass is 10.3. The average molecular weight is 192 g/mol. The number of ether oxygens (including phenoxy) is 1. The molecule has 0 amide bonds. The molecule has 5 heteroatoms. The molecule has 1 heterocycles. The van der Waals surface area contributed by atoms with Crippen LogP contribution in [0.4, 0.5) is 0 Å². The molecule has 0 atom stereocenters. The van der Waals surface area contributed by atoms with Gasteiger partial charge in [-0.15, -0.1) is 0 Å². The van der Waals surface area contributed by atoms with Gasteiger partial charge in [-0.1, -0.05) is 18.2 Å². The summed E-state index contributed by atoms with van der Waals surface area (Å²) < 4.78 is 9.66. The average Bonchev–Trinajstić information content (AvgIpc) is 2.52. The summed E-state index contributed by atoms with van der Waals surface area (Å²) in [5.41, 5.74) is 0.300. The van der Waals surface area contributed by atoms with E-state index in [1.54, 1.807) is 19.1 Å². The van der Waals surface area contributed by atoms with E-state index in [0.717, 1.165) is 0 Å². The highest BCUT2D eigenvalue weighted by Gasteiger charge is 2.15. The predicted octanol–water partition coefficient (Wildman–Crippen LogP) is 1.41. The fourth-order valence-corrected chi connectivity index (χ4v) is 0.972. The zero-order valence-electron chi connectivity index (χ0n) is 7.51. The van der Waals surface area contributed by atoms with Crippen molar-refractivity contribution in [3.63, 3.8) is 0 Å². The Morgan fingerprint density at radius 1 is 1.36 bits per heavy atom. The lowest BCUT2D eigenvalue weighted by Gasteiger charge is -1.97.